The number of oxime groups is 1. The highest BCUT2D eigenvalue weighted by Gasteiger charge is 2.19. The Bertz CT molecular complexity index is 522. The van der Waals surface area contributed by atoms with Crippen LogP contribution >= 0.6 is 23.2 Å². The molecule has 1 aromatic carbocycles. The van der Waals surface area contributed by atoms with Crippen LogP contribution in [0, 0.1) is 0 Å². The number of nitrogens with zero attached hydrogens (tertiary/aromatic N) is 1. The van der Waals surface area contributed by atoms with Crippen LogP contribution in [0.5, 0.6) is 0 Å². The van der Waals surface area contributed by atoms with Gasteiger partial charge in [-0.2, -0.15) is 8.42 Å². The molecule has 16 heavy (non-hydrogen) atoms. The molecule has 0 amide bonds. The highest BCUT2D eigenvalue weighted by atomic mass is 35.5. The van der Waals surface area contributed by atoms with E-state index in [4.69, 9.17) is 23.2 Å². The third-order valence-electron chi connectivity index (χ3n) is 1.48. The van der Waals surface area contributed by atoms with Crippen LogP contribution in [0.1, 0.15) is 13.8 Å². The van der Waals surface area contributed by atoms with Crippen molar-refractivity contribution in [2.24, 2.45) is 5.16 Å². The van der Waals surface area contributed by atoms with Crippen LogP contribution in [0.25, 0.3) is 0 Å². The Hall–Kier alpha value is -0.780. The summed E-state index contributed by atoms with van der Waals surface area (Å²) >= 11 is 11.4. The zero-order chi connectivity index (χ0) is 12.3. The average molecular weight is 282 g/mol. The first kappa shape index (κ1) is 13.3. The summed E-state index contributed by atoms with van der Waals surface area (Å²) in [7, 11) is -3.98. The summed E-state index contributed by atoms with van der Waals surface area (Å²) in [5.74, 6) is 0. The Kier molecular flexibility index (Phi) is 4.18. The first-order chi connectivity index (χ1) is 7.33. The van der Waals surface area contributed by atoms with Crippen LogP contribution in [0.3, 0.4) is 0 Å². The van der Waals surface area contributed by atoms with Crippen LogP contribution in [-0.2, 0) is 14.4 Å². The average Bonchev–Trinajstić information content (AvgIpc) is 2.14. The van der Waals surface area contributed by atoms with E-state index in [2.05, 4.69) is 9.44 Å². The second-order valence-corrected chi connectivity index (χ2v) is 5.48. The molecule has 0 aliphatic rings. The van der Waals surface area contributed by atoms with Gasteiger partial charge in [0.2, 0.25) is 0 Å². The number of benzene rings is 1. The van der Waals surface area contributed by atoms with Crippen LogP contribution in [0.2, 0.25) is 10.0 Å². The van der Waals surface area contributed by atoms with E-state index in [1.165, 1.54) is 18.2 Å². The minimum atomic E-state index is -3.98. The Labute approximate surface area is 104 Å². The van der Waals surface area contributed by atoms with E-state index >= 15 is 0 Å². The topological polar surface area (TPSA) is 55.7 Å². The molecule has 0 aliphatic heterocycles. The molecule has 4 nitrogen and oxygen atoms in total. The molecular weight excluding hydrogens is 273 g/mol. The minimum absolute atomic E-state index is 0.00328. The van der Waals surface area contributed by atoms with Crippen LogP contribution in [-0.4, -0.2) is 14.1 Å². The second-order valence-electron chi connectivity index (χ2n) is 3.14. The lowest BCUT2D eigenvalue weighted by atomic mass is 10.4. The largest absolute Gasteiger partial charge is 0.359 e. The molecule has 88 valence electrons. The van der Waals surface area contributed by atoms with Gasteiger partial charge in [0.15, 0.2) is 0 Å². The predicted molar refractivity (Wildman–Crippen MR) is 63.5 cm³/mol. The molecule has 0 bridgehead atoms. The SMILES string of the molecule is CC(C)=NOS(=O)(=O)c1ccc(Cl)cc1Cl. The molecule has 0 fully saturated rings. The summed E-state index contributed by atoms with van der Waals surface area (Å²) in [6.45, 7) is 3.22. The zero-order valence-corrected chi connectivity index (χ0v) is 10.9. The monoisotopic (exact) mass is 281 g/mol. The highest BCUT2D eigenvalue weighted by Crippen LogP contribution is 2.26. The van der Waals surface area contributed by atoms with Gasteiger partial charge in [-0.25, -0.2) is 0 Å². The van der Waals surface area contributed by atoms with Gasteiger partial charge < -0.3 is 0 Å². The minimum Gasteiger partial charge on any atom is -0.265 e. The van der Waals surface area contributed by atoms with Gasteiger partial charge in [0.05, 0.1) is 10.7 Å². The van der Waals surface area contributed by atoms with E-state index < -0.39 is 10.1 Å². The molecule has 0 heterocycles. The number of halogens is 2. The summed E-state index contributed by atoms with van der Waals surface area (Å²) in [5.41, 5.74) is 0.480. The van der Waals surface area contributed by atoms with Crippen molar-refractivity contribution in [3.63, 3.8) is 0 Å². The normalized spacial score (nSPS) is 11.0. The number of hydrogen-bond acceptors (Lipinski definition) is 4. The zero-order valence-electron chi connectivity index (χ0n) is 8.57. The molecule has 0 aromatic heterocycles. The van der Waals surface area contributed by atoms with Gasteiger partial charge in [0.1, 0.15) is 4.90 Å². The summed E-state index contributed by atoms with van der Waals surface area (Å²) in [6, 6.07) is 3.99. The van der Waals surface area contributed by atoms with Gasteiger partial charge in [-0.15, -0.1) is 0 Å². The first-order valence-corrected chi connectivity index (χ1v) is 6.39. The Balaban J connectivity index is 3.13. The van der Waals surface area contributed by atoms with E-state index in [1.54, 1.807) is 13.8 Å². The quantitative estimate of drug-likeness (QED) is 0.632. The molecule has 0 aliphatic carbocycles. The molecule has 0 unspecified atom stereocenters. The fraction of sp³-hybridized carbons (Fsp3) is 0.222. The molecule has 0 saturated carbocycles. The number of rotatable bonds is 3. The molecule has 0 spiro atoms. The first-order valence-electron chi connectivity index (χ1n) is 4.23. The fourth-order valence-electron chi connectivity index (χ4n) is 0.842. The second kappa shape index (κ2) is 5.03. The lowest BCUT2D eigenvalue weighted by molar-refractivity contribution is 0.338. The third-order valence-corrected chi connectivity index (χ3v) is 3.31. The molecule has 1 aromatic rings. The van der Waals surface area contributed by atoms with E-state index in [0.717, 1.165) is 0 Å². The van der Waals surface area contributed by atoms with Crippen molar-refractivity contribution >= 4 is 39.0 Å². The molecule has 1 rings (SSSR count). The molecule has 0 saturated heterocycles. The van der Waals surface area contributed by atoms with Crippen molar-refractivity contribution in [1.82, 2.24) is 0 Å². The Morgan fingerprint density at radius 2 is 1.94 bits per heavy atom. The van der Waals surface area contributed by atoms with Crippen molar-refractivity contribution in [3.8, 4) is 0 Å². The number of hydrogen-bond donors (Lipinski definition) is 0. The van der Waals surface area contributed by atoms with E-state index in [1.807, 2.05) is 0 Å². The van der Waals surface area contributed by atoms with Crippen LogP contribution in [0.4, 0.5) is 0 Å². The summed E-state index contributed by atoms with van der Waals surface area (Å²) in [6.07, 6.45) is 0. The maximum Gasteiger partial charge on any atom is 0.359 e. The van der Waals surface area contributed by atoms with Crippen molar-refractivity contribution in [1.29, 1.82) is 0 Å². The maximum atomic E-state index is 11.6. The van der Waals surface area contributed by atoms with Gasteiger partial charge >= 0.3 is 10.1 Å². The standard InChI is InChI=1S/C9H9Cl2NO3S/c1-6(2)12-15-16(13,14)9-4-3-7(10)5-8(9)11/h3-5H,1-2H3. The van der Waals surface area contributed by atoms with Crippen molar-refractivity contribution < 1.29 is 12.7 Å². The van der Waals surface area contributed by atoms with Gasteiger partial charge in [-0.1, -0.05) is 28.4 Å². The summed E-state index contributed by atoms with van der Waals surface area (Å²) < 4.78 is 27.7. The van der Waals surface area contributed by atoms with Gasteiger partial charge in [-0.3, -0.25) is 4.28 Å². The summed E-state index contributed by atoms with van der Waals surface area (Å²) in [5, 5.41) is 3.72. The van der Waals surface area contributed by atoms with Gasteiger partial charge in [0.25, 0.3) is 0 Å². The molecule has 0 N–H and O–H groups in total. The van der Waals surface area contributed by atoms with Gasteiger partial charge in [-0.05, 0) is 32.0 Å². The van der Waals surface area contributed by atoms with Gasteiger partial charge in [0, 0.05) is 5.02 Å². The van der Waals surface area contributed by atoms with Crippen molar-refractivity contribution in [2.45, 2.75) is 18.7 Å². The van der Waals surface area contributed by atoms with Crippen LogP contribution < -0.4 is 0 Å². The maximum absolute atomic E-state index is 11.6. The lowest BCUT2D eigenvalue weighted by Gasteiger charge is -2.04. The van der Waals surface area contributed by atoms with Crippen molar-refractivity contribution in [3.05, 3.63) is 28.2 Å². The van der Waals surface area contributed by atoms with Crippen LogP contribution in [0.15, 0.2) is 28.3 Å². The molecule has 0 atom stereocenters. The molecule has 0 radical (unpaired) electrons. The smallest absolute Gasteiger partial charge is 0.265 e. The Morgan fingerprint density at radius 1 is 1.31 bits per heavy atom. The van der Waals surface area contributed by atoms with E-state index in [0.29, 0.717) is 10.7 Å². The van der Waals surface area contributed by atoms with E-state index in [-0.39, 0.29) is 9.92 Å². The lowest BCUT2D eigenvalue weighted by Crippen LogP contribution is -2.04. The fourth-order valence-corrected chi connectivity index (χ4v) is 2.39. The molecule has 7 heteroatoms. The van der Waals surface area contributed by atoms with Crippen molar-refractivity contribution in [2.75, 3.05) is 0 Å². The third kappa shape index (κ3) is 3.37. The summed E-state index contributed by atoms with van der Waals surface area (Å²) in [4.78, 5) is -0.163. The highest BCUT2D eigenvalue weighted by molar-refractivity contribution is 7.86. The Morgan fingerprint density at radius 3 is 2.44 bits per heavy atom. The molecular formula is C9H9Cl2NO3S. The van der Waals surface area contributed by atoms with E-state index in [9.17, 15) is 8.42 Å². The predicted octanol–water partition coefficient (Wildman–Crippen LogP) is 3.09.